The summed E-state index contributed by atoms with van der Waals surface area (Å²) in [6.07, 6.45) is 0.586. The van der Waals surface area contributed by atoms with Crippen LogP contribution in [0.15, 0.2) is 48.5 Å². The van der Waals surface area contributed by atoms with Crippen molar-refractivity contribution in [1.82, 2.24) is 5.32 Å². The van der Waals surface area contributed by atoms with Gasteiger partial charge in [0.15, 0.2) is 0 Å². The lowest BCUT2D eigenvalue weighted by molar-refractivity contribution is -0.126. The minimum atomic E-state index is -1.04. The number of carboxylic acid groups (broad SMARTS) is 1. The lowest BCUT2D eigenvalue weighted by Crippen LogP contribution is -2.42. The molecular weight excluding hydrogens is 332 g/mol. The number of carbonyl (C=O) groups excluding carboxylic acids is 2. The van der Waals surface area contributed by atoms with Crippen LogP contribution in [0.4, 0.5) is 5.69 Å². The molecule has 0 aliphatic carbocycles. The molecule has 1 aliphatic rings. The minimum Gasteiger partial charge on any atom is -0.478 e. The van der Waals surface area contributed by atoms with Gasteiger partial charge in [0.2, 0.25) is 11.8 Å². The zero-order chi connectivity index (χ0) is 18.7. The van der Waals surface area contributed by atoms with Crippen LogP contribution >= 0.6 is 0 Å². The summed E-state index contributed by atoms with van der Waals surface area (Å²) in [5, 5.41) is 11.8. The summed E-state index contributed by atoms with van der Waals surface area (Å²) in [7, 11) is 0. The molecule has 3 rings (SSSR count). The van der Waals surface area contributed by atoms with Gasteiger partial charge in [-0.2, -0.15) is 0 Å². The number of hydrogen-bond donors (Lipinski definition) is 2. The molecular formula is C20H20N2O4. The number of benzene rings is 2. The van der Waals surface area contributed by atoms with E-state index in [0.29, 0.717) is 18.5 Å². The van der Waals surface area contributed by atoms with Gasteiger partial charge in [0.05, 0.1) is 12.0 Å². The van der Waals surface area contributed by atoms with Crippen molar-refractivity contribution in [3.63, 3.8) is 0 Å². The molecule has 134 valence electrons. The van der Waals surface area contributed by atoms with Gasteiger partial charge in [0, 0.05) is 12.2 Å². The number of rotatable bonds is 5. The zero-order valence-electron chi connectivity index (χ0n) is 14.4. The van der Waals surface area contributed by atoms with Crippen molar-refractivity contribution in [2.45, 2.75) is 25.8 Å². The normalized spacial score (nSPS) is 16.6. The van der Waals surface area contributed by atoms with E-state index in [1.54, 1.807) is 17.0 Å². The smallest absolute Gasteiger partial charge is 0.335 e. The third-order valence-corrected chi connectivity index (χ3v) is 4.42. The summed E-state index contributed by atoms with van der Waals surface area (Å²) in [4.78, 5) is 37.5. The quantitative estimate of drug-likeness (QED) is 0.863. The molecule has 0 saturated carbocycles. The number of aromatic carboxylic acids is 1. The van der Waals surface area contributed by atoms with Crippen molar-refractivity contribution in [3.05, 3.63) is 65.2 Å². The van der Waals surface area contributed by atoms with Crippen LogP contribution in [0.2, 0.25) is 0 Å². The Bertz CT molecular complexity index is 845. The van der Waals surface area contributed by atoms with Crippen molar-refractivity contribution < 1.29 is 19.5 Å². The number of nitrogens with one attached hydrogen (secondary N) is 1. The molecule has 6 nitrogen and oxygen atoms in total. The topological polar surface area (TPSA) is 86.7 Å². The van der Waals surface area contributed by atoms with Crippen LogP contribution in [0.3, 0.4) is 0 Å². The monoisotopic (exact) mass is 352 g/mol. The summed E-state index contributed by atoms with van der Waals surface area (Å²) in [6, 6.07) is 13.4. The highest BCUT2D eigenvalue weighted by atomic mass is 16.4. The maximum absolute atomic E-state index is 12.6. The standard InChI is InChI=1S/C20H20N2O4/c1-13-5-7-16(8-6-13)22-10-9-17(19(22)24)21-18(23)12-14-3-2-4-15(11-14)20(25)26/h2-8,11,17H,9-10,12H2,1H3,(H,21,23)(H,25,26). The molecule has 2 amide bonds. The van der Waals surface area contributed by atoms with Crippen LogP contribution in [0.5, 0.6) is 0 Å². The Morgan fingerprint density at radius 2 is 1.92 bits per heavy atom. The number of amides is 2. The molecule has 6 heteroatoms. The van der Waals surface area contributed by atoms with Gasteiger partial charge in [-0.3, -0.25) is 9.59 Å². The number of nitrogens with zero attached hydrogens (tertiary/aromatic N) is 1. The molecule has 2 aromatic carbocycles. The Hall–Kier alpha value is -3.15. The van der Waals surface area contributed by atoms with Gasteiger partial charge in [0.25, 0.3) is 0 Å². The predicted octanol–water partition coefficient (Wildman–Crippen LogP) is 2.16. The van der Waals surface area contributed by atoms with Gasteiger partial charge in [-0.15, -0.1) is 0 Å². The predicted molar refractivity (Wildman–Crippen MR) is 97.2 cm³/mol. The first-order valence-corrected chi connectivity index (χ1v) is 8.43. The molecule has 2 aromatic rings. The fraction of sp³-hybridized carbons (Fsp3) is 0.250. The highest BCUT2D eigenvalue weighted by Gasteiger charge is 2.33. The maximum Gasteiger partial charge on any atom is 0.335 e. The van der Waals surface area contributed by atoms with Gasteiger partial charge in [-0.05, 0) is 43.2 Å². The average molecular weight is 352 g/mol. The molecule has 0 aromatic heterocycles. The van der Waals surface area contributed by atoms with E-state index >= 15 is 0 Å². The first-order valence-electron chi connectivity index (χ1n) is 8.43. The third kappa shape index (κ3) is 3.91. The van der Waals surface area contributed by atoms with Crippen LogP contribution < -0.4 is 10.2 Å². The van der Waals surface area contributed by atoms with Crippen molar-refractivity contribution in [1.29, 1.82) is 0 Å². The zero-order valence-corrected chi connectivity index (χ0v) is 14.4. The second kappa shape index (κ2) is 7.39. The maximum atomic E-state index is 12.6. The SMILES string of the molecule is Cc1ccc(N2CCC(NC(=O)Cc3cccc(C(=O)O)c3)C2=O)cc1. The van der Waals surface area contributed by atoms with E-state index in [9.17, 15) is 14.4 Å². The molecule has 1 fully saturated rings. The molecule has 1 atom stereocenters. The van der Waals surface area contributed by atoms with E-state index < -0.39 is 12.0 Å². The van der Waals surface area contributed by atoms with Crippen molar-refractivity contribution in [2.75, 3.05) is 11.4 Å². The van der Waals surface area contributed by atoms with Crippen LogP contribution in [-0.2, 0) is 16.0 Å². The number of hydrogen-bond acceptors (Lipinski definition) is 3. The van der Waals surface area contributed by atoms with E-state index in [1.807, 2.05) is 31.2 Å². The second-order valence-corrected chi connectivity index (χ2v) is 6.42. The lowest BCUT2D eigenvalue weighted by Gasteiger charge is -2.17. The molecule has 0 spiro atoms. The second-order valence-electron chi connectivity index (χ2n) is 6.42. The minimum absolute atomic E-state index is 0.0371. The molecule has 2 N–H and O–H groups in total. The first kappa shape index (κ1) is 17.7. The van der Waals surface area contributed by atoms with Crippen LogP contribution in [0, 0.1) is 6.92 Å². The van der Waals surface area contributed by atoms with Gasteiger partial charge < -0.3 is 15.3 Å². The van der Waals surface area contributed by atoms with E-state index in [4.69, 9.17) is 5.11 Å². The highest BCUT2D eigenvalue weighted by Crippen LogP contribution is 2.22. The lowest BCUT2D eigenvalue weighted by atomic mass is 10.1. The molecule has 1 heterocycles. The van der Waals surface area contributed by atoms with Gasteiger partial charge in [0.1, 0.15) is 6.04 Å². The Morgan fingerprint density at radius 1 is 1.19 bits per heavy atom. The summed E-state index contributed by atoms with van der Waals surface area (Å²) in [5.41, 5.74) is 2.68. The molecule has 1 unspecified atom stereocenters. The van der Waals surface area contributed by atoms with Crippen LogP contribution in [0.25, 0.3) is 0 Å². The Balaban J connectivity index is 1.61. The van der Waals surface area contributed by atoms with Crippen LogP contribution in [0.1, 0.15) is 27.9 Å². The van der Waals surface area contributed by atoms with Gasteiger partial charge in [-0.1, -0.05) is 29.8 Å². The molecule has 26 heavy (non-hydrogen) atoms. The summed E-state index contributed by atoms with van der Waals surface area (Å²) < 4.78 is 0. The Labute approximate surface area is 151 Å². The highest BCUT2D eigenvalue weighted by molar-refractivity contribution is 6.01. The van der Waals surface area contributed by atoms with Gasteiger partial charge >= 0.3 is 5.97 Å². The van der Waals surface area contributed by atoms with E-state index in [0.717, 1.165) is 11.3 Å². The molecule has 1 aliphatic heterocycles. The molecule has 1 saturated heterocycles. The van der Waals surface area contributed by atoms with E-state index in [1.165, 1.54) is 12.1 Å². The van der Waals surface area contributed by atoms with Crippen molar-refractivity contribution in [3.8, 4) is 0 Å². The first-order chi connectivity index (χ1) is 12.4. The van der Waals surface area contributed by atoms with E-state index in [-0.39, 0.29) is 23.8 Å². The van der Waals surface area contributed by atoms with E-state index in [2.05, 4.69) is 5.32 Å². The fourth-order valence-electron chi connectivity index (χ4n) is 3.04. The summed E-state index contributed by atoms with van der Waals surface area (Å²) in [5.74, 6) is -1.45. The Morgan fingerprint density at radius 3 is 2.62 bits per heavy atom. The van der Waals surface area contributed by atoms with Crippen LogP contribution in [-0.4, -0.2) is 35.5 Å². The average Bonchev–Trinajstić information content (AvgIpc) is 2.96. The molecule has 0 bridgehead atoms. The van der Waals surface area contributed by atoms with Gasteiger partial charge in [-0.25, -0.2) is 4.79 Å². The summed E-state index contributed by atoms with van der Waals surface area (Å²) in [6.45, 7) is 2.54. The number of aryl methyl sites for hydroxylation is 1. The fourth-order valence-corrected chi connectivity index (χ4v) is 3.04. The summed E-state index contributed by atoms with van der Waals surface area (Å²) >= 11 is 0. The number of carbonyl (C=O) groups is 3. The molecule has 0 radical (unpaired) electrons. The largest absolute Gasteiger partial charge is 0.478 e. The Kier molecular flexibility index (Phi) is 5.02. The third-order valence-electron chi connectivity index (χ3n) is 4.42. The van der Waals surface area contributed by atoms with Crippen molar-refractivity contribution >= 4 is 23.5 Å². The number of carboxylic acids is 1. The number of anilines is 1. The van der Waals surface area contributed by atoms with Crippen molar-refractivity contribution in [2.24, 2.45) is 0 Å².